The van der Waals surface area contributed by atoms with Crippen LogP contribution in [-0.2, 0) is 7.05 Å². The second-order valence-corrected chi connectivity index (χ2v) is 9.67. The third-order valence-corrected chi connectivity index (χ3v) is 6.46. The van der Waals surface area contributed by atoms with Crippen molar-refractivity contribution < 1.29 is 4.39 Å². The fraction of sp³-hybridized carbons (Fsp3) is 0.207. The number of nitrogens with one attached hydrogen (secondary N) is 3. The first kappa shape index (κ1) is 25.2. The molecule has 0 atom stereocenters. The molecule has 38 heavy (non-hydrogen) atoms. The fourth-order valence-corrected chi connectivity index (χ4v) is 4.35. The third kappa shape index (κ3) is 5.28. The smallest absolute Gasteiger partial charge is 0.125 e. The van der Waals surface area contributed by atoms with Crippen molar-refractivity contribution in [2.75, 3.05) is 32.5 Å². The Bertz CT molecular complexity index is 1740. The number of H-pyrrole nitrogens is 2. The van der Waals surface area contributed by atoms with Gasteiger partial charge >= 0.3 is 0 Å². The number of halogens is 1. The Kier molecular flexibility index (Phi) is 6.93. The molecule has 0 saturated carbocycles. The van der Waals surface area contributed by atoms with E-state index in [0.29, 0.717) is 6.54 Å². The van der Waals surface area contributed by atoms with E-state index < -0.39 is 0 Å². The van der Waals surface area contributed by atoms with Gasteiger partial charge in [0.1, 0.15) is 11.5 Å². The number of benzene rings is 1. The molecule has 0 bridgehead atoms. The van der Waals surface area contributed by atoms with Crippen LogP contribution < -0.4 is 15.9 Å². The van der Waals surface area contributed by atoms with Crippen LogP contribution >= 0.6 is 0 Å². The van der Waals surface area contributed by atoms with Gasteiger partial charge < -0.3 is 15.2 Å². The van der Waals surface area contributed by atoms with Crippen LogP contribution in [0.5, 0.6) is 0 Å². The summed E-state index contributed by atoms with van der Waals surface area (Å²) in [5.74, 6) is -0.301. The molecular weight excluding hydrogens is 479 g/mol. The average Bonchev–Trinajstić information content (AvgIpc) is 3.59. The lowest BCUT2D eigenvalue weighted by Gasteiger charge is -2.13. The van der Waals surface area contributed by atoms with Gasteiger partial charge in [-0.3, -0.25) is 14.8 Å². The number of allylic oxidation sites excluding steroid dienone is 2. The molecule has 3 N–H and O–H groups in total. The molecule has 9 heteroatoms. The van der Waals surface area contributed by atoms with Gasteiger partial charge in [-0.25, -0.2) is 4.39 Å². The number of fused-ring (bicyclic) bond motifs is 1. The van der Waals surface area contributed by atoms with E-state index in [2.05, 4.69) is 42.1 Å². The highest BCUT2D eigenvalue weighted by Gasteiger charge is 2.13. The van der Waals surface area contributed by atoms with Gasteiger partial charge in [0.15, 0.2) is 0 Å². The standard InChI is InChI=1S/C29H31FN8/c1-18(21-14-33-38(5)17-21)6-7-26-19(2)29(36-35-26)27-13-24-25(15-31-16-28(24)34-27)20-10-22(30)12-23(11-20)32-8-9-37(3)4/h6-7,10-17,32,34-35H,2,8-9H2,1,3-5H3/b18-6+,26-7+. The van der Waals surface area contributed by atoms with E-state index in [0.717, 1.165) is 67.4 Å². The highest BCUT2D eigenvalue weighted by Crippen LogP contribution is 2.32. The molecule has 5 rings (SSSR count). The number of aromatic nitrogens is 6. The minimum atomic E-state index is -0.301. The van der Waals surface area contributed by atoms with Crippen LogP contribution in [0.4, 0.5) is 10.1 Å². The summed E-state index contributed by atoms with van der Waals surface area (Å²) in [7, 11) is 5.91. The summed E-state index contributed by atoms with van der Waals surface area (Å²) in [6, 6.07) is 7.01. The summed E-state index contributed by atoms with van der Waals surface area (Å²) in [5.41, 5.74) is 6.82. The lowest BCUT2D eigenvalue weighted by atomic mass is 10.0. The van der Waals surface area contributed by atoms with Gasteiger partial charge in [0, 0.05) is 60.0 Å². The number of hydrogen-bond donors (Lipinski definition) is 3. The van der Waals surface area contributed by atoms with Gasteiger partial charge in [0.25, 0.3) is 0 Å². The molecule has 0 aliphatic heterocycles. The minimum absolute atomic E-state index is 0.301. The maximum Gasteiger partial charge on any atom is 0.125 e. The predicted octanol–water partition coefficient (Wildman–Crippen LogP) is 3.76. The summed E-state index contributed by atoms with van der Waals surface area (Å²) in [4.78, 5) is 9.88. The molecule has 0 fully saturated rings. The highest BCUT2D eigenvalue weighted by molar-refractivity contribution is 5.97. The van der Waals surface area contributed by atoms with Crippen LogP contribution in [0.2, 0.25) is 0 Å². The number of aryl methyl sites for hydroxylation is 1. The minimum Gasteiger partial charge on any atom is -0.384 e. The molecule has 8 nitrogen and oxygen atoms in total. The van der Waals surface area contributed by atoms with Gasteiger partial charge in [0.05, 0.1) is 29.0 Å². The maximum absolute atomic E-state index is 14.6. The van der Waals surface area contributed by atoms with E-state index >= 15 is 0 Å². The Hall–Kier alpha value is -4.50. The van der Waals surface area contributed by atoms with Crippen LogP contribution in [-0.4, -0.2) is 62.0 Å². The van der Waals surface area contributed by atoms with E-state index in [-0.39, 0.29) is 5.82 Å². The molecular formula is C29H31FN8. The summed E-state index contributed by atoms with van der Waals surface area (Å²) >= 11 is 0. The first-order chi connectivity index (χ1) is 18.3. The monoisotopic (exact) mass is 510 g/mol. The van der Waals surface area contributed by atoms with Crippen molar-refractivity contribution in [3.63, 3.8) is 0 Å². The average molecular weight is 511 g/mol. The Morgan fingerprint density at radius 3 is 2.79 bits per heavy atom. The number of aromatic amines is 2. The van der Waals surface area contributed by atoms with E-state index in [4.69, 9.17) is 0 Å². The highest BCUT2D eigenvalue weighted by atomic mass is 19.1. The summed E-state index contributed by atoms with van der Waals surface area (Å²) < 4.78 is 16.3. The van der Waals surface area contributed by atoms with Crippen molar-refractivity contribution >= 4 is 34.8 Å². The second kappa shape index (κ2) is 10.5. The van der Waals surface area contributed by atoms with E-state index in [1.165, 1.54) is 12.1 Å². The van der Waals surface area contributed by atoms with E-state index in [1.807, 2.05) is 64.7 Å². The number of rotatable bonds is 8. The van der Waals surface area contributed by atoms with Crippen LogP contribution in [0.25, 0.3) is 51.6 Å². The Balaban J connectivity index is 1.48. The van der Waals surface area contributed by atoms with Crippen molar-refractivity contribution in [1.82, 2.24) is 34.8 Å². The molecule has 4 aromatic heterocycles. The van der Waals surface area contributed by atoms with Gasteiger partial charge in [0.2, 0.25) is 0 Å². The van der Waals surface area contributed by atoms with Gasteiger partial charge in [-0.2, -0.15) is 10.2 Å². The third-order valence-electron chi connectivity index (χ3n) is 6.46. The molecule has 0 amide bonds. The molecule has 1 aromatic carbocycles. The van der Waals surface area contributed by atoms with Crippen molar-refractivity contribution in [2.45, 2.75) is 6.92 Å². The summed E-state index contributed by atoms with van der Waals surface area (Å²) in [6.45, 7) is 7.86. The molecule has 0 aliphatic rings. The van der Waals surface area contributed by atoms with Crippen LogP contribution in [0, 0.1) is 5.82 Å². The zero-order valence-corrected chi connectivity index (χ0v) is 22.0. The quantitative estimate of drug-likeness (QED) is 0.296. The van der Waals surface area contributed by atoms with Crippen molar-refractivity contribution in [2.24, 2.45) is 7.05 Å². The molecule has 0 spiro atoms. The van der Waals surface area contributed by atoms with Crippen molar-refractivity contribution in [3.8, 4) is 22.5 Å². The first-order valence-electron chi connectivity index (χ1n) is 12.4. The molecule has 0 saturated heterocycles. The topological polar surface area (TPSA) is 90.4 Å². The molecule has 4 heterocycles. The normalized spacial score (nSPS) is 12.7. The fourth-order valence-electron chi connectivity index (χ4n) is 4.35. The van der Waals surface area contributed by atoms with Crippen molar-refractivity contribution in [1.29, 1.82) is 0 Å². The molecule has 5 aromatic rings. The molecule has 0 unspecified atom stereocenters. The number of likely N-dealkylation sites (N-methyl/N-ethyl adjacent to an activating group) is 1. The predicted molar refractivity (Wildman–Crippen MR) is 152 cm³/mol. The maximum atomic E-state index is 14.6. The zero-order chi connectivity index (χ0) is 26.8. The number of nitrogens with zero attached hydrogens (tertiary/aromatic N) is 5. The van der Waals surface area contributed by atoms with E-state index in [9.17, 15) is 4.39 Å². The molecule has 0 aliphatic carbocycles. The Morgan fingerprint density at radius 1 is 1.18 bits per heavy atom. The summed E-state index contributed by atoms with van der Waals surface area (Å²) in [6.07, 6.45) is 11.3. The van der Waals surface area contributed by atoms with Gasteiger partial charge in [-0.05, 0) is 62.5 Å². The van der Waals surface area contributed by atoms with Crippen LogP contribution in [0.1, 0.15) is 12.5 Å². The lowest BCUT2D eigenvalue weighted by molar-refractivity contribution is 0.425. The number of anilines is 1. The van der Waals surface area contributed by atoms with Crippen LogP contribution in [0.15, 0.2) is 55.1 Å². The van der Waals surface area contributed by atoms with E-state index in [1.54, 1.807) is 17.1 Å². The molecule has 194 valence electrons. The lowest BCUT2D eigenvalue weighted by Crippen LogP contribution is -2.21. The van der Waals surface area contributed by atoms with Crippen molar-refractivity contribution in [3.05, 3.63) is 77.1 Å². The first-order valence-corrected chi connectivity index (χ1v) is 12.4. The number of pyridine rings is 1. The van der Waals surface area contributed by atoms with Crippen LogP contribution in [0.3, 0.4) is 0 Å². The van der Waals surface area contributed by atoms with Gasteiger partial charge in [-0.15, -0.1) is 0 Å². The number of hydrogen-bond acceptors (Lipinski definition) is 5. The summed E-state index contributed by atoms with van der Waals surface area (Å²) in [5, 5.41) is 17.7. The molecule has 0 radical (unpaired) electrons. The Labute approximate surface area is 220 Å². The zero-order valence-electron chi connectivity index (χ0n) is 22.0. The SMILES string of the molecule is C=c1c(-c2cc3c(-c4cc(F)cc(NCCN(C)C)c4)cncc3[nH]2)n[nH]/c1=C/C=C(\C)c1cnn(C)c1. The largest absolute Gasteiger partial charge is 0.384 e. The van der Waals surface area contributed by atoms with Gasteiger partial charge in [-0.1, -0.05) is 12.7 Å². The second-order valence-electron chi connectivity index (χ2n) is 9.67. The Morgan fingerprint density at radius 2 is 2.03 bits per heavy atom.